The van der Waals surface area contributed by atoms with Crippen LogP contribution in [0.5, 0.6) is 0 Å². The highest BCUT2D eigenvalue weighted by molar-refractivity contribution is 5.94. The lowest BCUT2D eigenvalue weighted by atomic mass is 9.83. The van der Waals surface area contributed by atoms with E-state index in [1.807, 2.05) is 0 Å². The molecule has 1 aromatic rings. The molecular formula is C16H18FNO2. The Bertz CT molecular complexity index is 541. The Morgan fingerprint density at radius 1 is 1.45 bits per heavy atom. The molecule has 0 aliphatic heterocycles. The average Bonchev–Trinajstić information content (AvgIpc) is 2.40. The summed E-state index contributed by atoms with van der Waals surface area (Å²) in [6.07, 6.45) is 4.70. The minimum atomic E-state index is -0.555. The van der Waals surface area contributed by atoms with Crippen LogP contribution in [0.15, 0.2) is 18.2 Å². The highest BCUT2D eigenvalue weighted by Crippen LogP contribution is 2.28. The molecule has 0 aromatic heterocycles. The summed E-state index contributed by atoms with van der Waals surface area (Å²) < 4.78 is 13.6. The predicted molar refractivity (Wildman–Crippen MR) is 74.7 cm³/mol. The summed E-state index contributed by atoms with van der Waals surface area (Å²) >= 11 is 0. The fourth-order valence-electron chi connectivity index (χ4n) is 2.19. The zero-order valence-electron chi connectivity index (χ0n) is 11.3. The van der Waals surface area contributed by atoms with Gasteiger partial charge in [0.25, 0.3) is 5.91 Å². The van der Waals surface area contributed by atoms with Gasteiger partial charge >= 0.3 is 0 Å². The molecular weight excluding hydrogens is 257 g/mol. The summed E-state index contributed by atoms with van der Waals surface area (Å²) in [6, 6.07) is 4.13. The Hall–Kier alpha value is -1.86. The Labute approximate surface area is 118 Å². The van der Waals surface area contributed by atoms with Gasteiger partial charge in [-0.25, -0.2) is 4.39 Å². The number of nitrogens with one attached hydrogen (secondary N) is 1. The number of aliphatic hydroxyl groups is 1. The molecule has 1 aliphatic carbocycles. The van der Waals surface area contributed by atoms with Gasteiger partial charge < -0.3 is 10.4 Å². The summed E-state index contributed by atoms with van der Waals surface area (Å²) in [5.74, 6) is 4.88. The molecule has 0 saturated heterocycles. The average molecular weight is 275 g/mol. The number of carbonyl (C=O) groups excluding carboxylic acids is 1. The lowest BCUT2D eigenvalue weighted by Crippen LogP contribution is -2.28. The van der Waals surface area contributed by atoms with E-state index in [0.717, 1.165) is 6.42 Å². The van der Waals surface area contributed by atoms with Crippen molar-refractivity contribution in [2.75, 3.05) is 13.2 Å². The second-order valence-electron chi connectivity index (χ2n) is 5.00. The molecule has 1 fully saturated rings. The molecule has 0 heterocycles. The minimum Gasteiger partial charge on any atom is -0.384 e. The number of rotatable bonds is 4. The van der Waals surface area contributed by atoms with Crippen molar-refractivity contribution in [3.05, 3.63) is 35.1 Å². The molecule has 1 aliphatic rings. The molecule has 0 bridgehead atoms. The first-order valence-corrected chi connectivity index (χ1v) is 6.88. The maximum absolute atomic E-state index is 13.6. The van der Waals surface area contributed by atoms with Crippen molar-refractivity contribution in [3.63, 3.8) is 0 Å². The monoisotopic (exact) mass is 275 g/mol. The second-order valence-corrected chi connectivity index (χ2v) is 5.00. The quantitative estimate of drug-likeness (QED) is 0.827. The van der Waals surface area contributed by atoms with E-state index in [0.29, 0.717) is 18.0 Å². The topological polar surface area (TPSA) is 49.3 Å². The third-order valence-corrected chi connectivity index (χ3v) is 3.59. The molecule has 1 amide bonds. The Morgan fingerprint density at radius 2 is 2.25 bits per heavy atom. The van der Waals surface area contributed by atoms with Gasteiger partial charge in [-0.05, 0) is 30.5 Å². The number of benzene rings is 1. The van der Waals surface area contributed by atoms with Crippen LogP contribution in [0.4, 0.5) is 4.39 Å². The van der Waals surface area contributed by atoms with E-state index >= 15 is 0 Å². The highest BCUT2D eigenvalue weighted by Gasteiger charge is 2.18. The van der Waals surface area contributed by atoms with E-state index in [2.05, 4.69) is 17.2 Å². The van der Waals surface area contributed by atoms with Gasteiger partial charge in [-0.15, -0.1) is 0 Å². The molecule has 0 unspecified atom stereocenters. The molecule has 106 valence electrons. The summed E-state index contributed by atoms with van der Waals surface area (Å²) in [7, 11) is 0. The standard InChI is InChI=1S/C16H18FNO2/c17-15-7-6-13(5-2-10-19)11-14(15)16(20)18-9-8-12-3-1-4-12/h6-7,11-12,19H,1,3-4,8-10H2,(H,18,20). The predicted octanol–water partition coefficient (Wildman–Crippen LogP) is 2.09. The molecule has 1 aromatic carbocycles. The van der Waals surface area contributed by atoms with Gasteiger partial charge in [0.1, 0.15) is 12.4 Å². The lowest BCUT2D eigenvalue weighted by molar-refractivity contribution is 0.0945. The third-order valence-electron chi connectivity index (χ3n) is 3.59. The fourth-order valence-corrected chi connectivity index (χ4v) is 2.19. The van der Waals surface area contributed by atoms with E-state index in [9.17, 15) is 9.18 Å². The second kappa shape index (κ2) is 7.06. The van der Waals surface area contributed by atoms with Crippen molar-refractivity contribution < 1.29 is 14.3 Å². The summed E-state index contributed by atoms with van der Waals surface area (Å²) in [4.78, 5) is 11.9. The van der Waals surface area contributed by atoms with Gasteiger partial charge in [-0.2, -0.15) is 0 Å². The molecule has 0 radical (unpaired) electrons. The van der Waals surface area contributed by atoms with Gasteiger partial charge in [0.05, 0.1) is 5.56 Å². The highest BCUT2D eigenvalue weighted by atomic mass is 19.1. The molecule has 2 N–H and O–H groups in total. The van der Waals surface area contributed by atoms with E-state index in [1.165, 1.54) is 37.5 Å². The van der Waals surface area contributed by atoms with Crippen LogP contribution >= 0.6 is 0 Å². The SMILES string of the molecule is O=C(NCCC1CCC1)c1cc(C#CCO)ccc1F. The number of hydrogen-bond donors (Lipinski definition) is 2. The van der Waals surface area contributed by atoms with Crippen LogP contribution in [0.1, 0.15) is 41.6 Å². The number of aliphatic hydroxyl groups excluding tert-OH is 1. The summed E-state index contributed by atoms with van der Waals surface area (Å²) in [6.45, 7) is 0.315. The number of hydrogen-bond acceptors (Lipinski definition) is 2. The van der Waals surface area contributed by atoms with Crippen molar-refractivity contribution in [3.8, 4) is 11.8 Å². The van der Waals surface area contributed by atoms with Crippen molar-refractivity contribution in [1.82, 2.24) is 5.32 Å². The molecule has 0 atom stereocenters. The van der Waals surface area contributed by atoms with Crippen molar-refractivity contribution in [2.24, 2.45) is 5.92 Å². The first kappa shape index (κ1) is 14.5. The van der Waals surface area contributed by atoms with Crippen molar-refractivity contribution in [1.29, 1.82) is 0 Å². The largest absolute Gasteiger partial charge is 0.384 e. The van der Waals surface area contributed by atoms with Crippen molar-refractivity contribution >= 4 is 5.91 Å². The van der Waals surface area contributed by atoms with Gasteiger partial charge in [0.2, 0.25) is 0 Å². The molecule has 2 rings (SSSR count). The maximum Gasteiger partial charge on any atom is 0.254 e. The summed E-state index contributed by atoms with van der Waals surface area (Å²) in [5.41, 5.74) is 0.521. The molecule has 1 saturated carbocycles. The lowest BCUT2D eigenvalue weighted by Gasteiger charge is -2.25. The smallest absolute Gasteiger partial charge is 0.254 e. The molecule has 4 heteroatoms. The van der Waals surface area contributed by atoms with Crippen LogP contribution < -0.4 is 5.32 Å². The zero-order chi connectivity index (χ0) is 14.4. The number of amides is 1. The van der Waals surface area contributed by atoms with Gasteiger partial charge in [-0.1, -0.05) is 31.1 Å². The molecule has 0 spiro atoms. The van der Waals surface area contributed by atoms with Gasteiger partial charge in [0.15, 0.2) is 0 Å². The Kier molecular flexibility index (Phi) is 5.14. The Balaban J connectivity index is 1.96. The number of halogens is 1. The molecule has 3 nitrogen and oxygen atoms in total. The fraction of sp³-hybridized carbons (Fsp3) is 0.438. The maximum atomic E-state index is 13.6. The van der Waals surface area contributed by atoms with Gasteiger partial charge in [-0.3, -0.25) is 4.79 Å². The van der Waals surface area contributed by atoms with Crippen LogP contribution in [0, 0.1) is 23.6 Å². The third kappa shape index (κ3) is 3.82. The number of carbonyl (C=O) groups is 1. The van der Waals surface area contributed by atoms with Crippen LogP contribution in [0.2, 0.25) is 0 Å². The minimum absolute atomic E-state index is 0.00310. The van der Waals surface area contributed by atoms with Gasteiger partial charge in [0, 0.05) is 12.1 Å². The molecule has 20 heavy (non-hydrogen) atoms. The van der Waals surface area contributed by atoms with Crippen molar-refractivity contribution in [2.45, 2.75) is 25.7 Å². The summed E-state index contributed by atoms with van der Waals surface area (Å²) in [5, 5.41) is 11.4. The van der Waals surface area contributed by atoms with E-state index in [-0.39, 0.29) is 12.2 Å². The zero-order valence-corrected chi connectivity index (χ0v) is 11.3. The van der Waals surface area contributed by atoms with E-state index in [4.69, 9.17) is 5.11 Å². The van der Waals surface area contributed by atoms with Crippen LogP contribution in [0.3, 0.4) is 0 Å². The van der Waals surface area contributed by atoms with E-state index < -0.39 is 11.7 Å². The first-order chi connectivity index (χ1) is 9.70. The first-order valence-electron chi connectivity index (χ1n) is 6.88. The van der Waals surface area contributed by atoms with Crippen LogP contribution in [0.25, 0.3) is 0 Å². The van der Waals surface area contributed by atoms with Crippen LogP contribution in [-0.4, -0.2) is 24.2 Å². The normalized spacial score (nSPS) is 14.1. The van der Waals surface area contributed by atoms with E-state index in [1.54, 1.807) is 0 Å². The Morgan fingerprint density at radius 3 is 2.90 bits per heavy atom. The van der Waals surface area contributed by atoms with Crippen LogP contribution in [-0.2, 0) is 0 Å².